The van der Waals surface area contributed by atoms with Crippen molar-refractivity contribution in [3.8, 4) is 17.1 Å². The molecule has 182 valence electrons. The molecule has 4 rings (SSSR count). The number of nitro benzene ring substituents is 1. The second kappa shape index (κ2) is 10.5. The lowest BCUT2D eigenvalue weighted by atomic mass is 10.0. The van der Waals surface area contributed by atoms with E-state index in [4.69, 9.17) is 26.1 Å². The molecule has 0 bridgehead atoms. The van der Waals surface area contributed by atoms with Gasteiger partial charge in [-0.05, 0) is 49.0 Å². The first-order chi connectivity index (χ1) is 16.9. The number of hydrogen-bond acceptors (Lipinski definition) is 8. The van der Waals surface area contributed by atoms with Crippen LogP contribution in [0.5, 0.6) is 5.75 Å². The zero-order valence-electron chi connectivity index (χ0n) is 19.2. The van der Waals surface area contributed by atoms with Gasteiger partial charge in [0, 0.05) is 25.2 Å². The number of carbonyl (C=O) groups excluding carboxylic acids is 1. The molecule has 0 radical (unpaired) electrons. The van der Waals surface area contributed by atoms with E-state index in [1.165, 1.54) is 26.4 Å². The van der Waals surface area contributed by atoms with Gasteiger partial charge in [-0.3, -0.25) is 19.9 Å². The van der Waals surface area contributed by atoms with Crippen LogP contribution in [0.1, 0.15) is 36.4 Å². The number of benzene rings is 1. The number of furan rings is 1. The summed E-state index contributed by atoms with van der Waals surface area (Å²) >= 11 is 5.63. The van der Waals surface area contributed by atoms with Crippen molar-refractivity contribution < 1.29 is 23.6 Å². The maximum atomic E-state index is 11.6. The maximum absolute atomic E-state index is 11.6. The molecule has 10 nitrogen and oxygen atoms in total. The first kappa shape index (κ1) is 24.1. The molecule has 0 unspecified atom stereocenters. The summed E-state index contributed by atoms with van der Waals surface area (Å²) in [5.74, 6) is 1.17. The number of nitrogens with one attached hydrogen (secondary N) is 1. The largest absolute Gasteiger partial charge is 0.496 e. The second-order valence-corrected chi connectivity index (χ2v) is 8.23. The second-order valence-electron chi connectivity index (χ2n) is 7.84. The number of nitro groups is 1. The molecule has 1 aliphatic rings. The molecular formula is C24H24N4O6S. The SMILES string of the molecule is COC(=O)CCCN1C(=S)N[C@H](c2ccccn2)[C@@H]1c1ccc(-c2ccc([N+](=O)[O-])cc2OC)o1. The van der Waals surface area contributed by atoms with Gasteiger partial charge >= 0.3 is 5.97 Å². The Hall–Kier alpha value is -3.99. The van der Waals surface area contributed by atoms with Crippen molar-refractivity contribution in [2.24, 2.45) is 0 Å². The first-order valence-corrected chi connectivity index (χ1v) is 11.3. The van der Waals surface area contributed by atoms with Crippen LogP contribution in [0.15, 0.2) is 59.1 Å². The molecule has 2 atom stereocenters. The van der Waals surface area contributed by atoms with Crippen LogP contribution in [0.4, 0.5) is 5.69 Å². The fourth-order valence-electron chi connectivity index (χ4n) is 4.10. The number of ether oxygens (including phenoxy) is 2. The third-order valence-corrected chi connectivity index (χ3v) is 6.14. The number of esters is 1. The molecule has 35 heavy (non-hydrogen) atoms. The van der Waals surface area contributed by atoms with E-state index in [0.717, 1.165) is 5.69 Å². The van der Waals surface area contributed by atoms with Gasteiger partial charge in [-0.1, -0.05) is 6.07 Å². The Bertz CT molecular complexity index is 1230. The van der Waals surface area contributed by atoms with Crippen LogP contribution < -0.4 is 10.1 Å². The van der Waals surface area contributed by atoms with Crippen molar-refractivity contribution in [2.45, 2.75) is 24.9 Å². The number of carbonyl (C=O) groups is 1. The minimum Gasteiger partial charge on any atom is -0.496 e. The van der Waals surface area contributed by atoms with Crippen molar-refractivity contribution in [3.63, 3.8) is 0 Å². The van der Waals surface area contributed by atoms with Crippen LogP contribution in [0.2, 0.25) is 0 Å². The van der Waals surface area contributed by atoms with Gasteiger partial charge in [-0.25, -0.2) is 0 Å². The summed E-state index contributed by atoms with van der Waals surface area (Å²) in [6, 6.07) is 13.1. The highest BCUT2D eigenvalue weighted by Crippen LogP contribution is 2.42. The van der Waals surface area contributed by atoms with E-state index in [-0.39, 0.29) is 30.2 Å². The average Bonchev–Trinajstić information content (AvgIpc) is 3.48. The van der Waals surface area contributed by atoms with E-state index in [1.54, 1.807) is 18.3 Å². The highest BCUT2D eigenvalue weighted by molar-refractivity contribution is 7.80. The van der Waals surface area contributed by atoms with E-state index in [9.17, 15) is 14.9 Å². The van der Waals surface area contributed by atoms with Crippen molar-refractivity contribution in [1.29, 1.82) is 0 Å². The Kier molecular flexibility index (Phi) is 7.25. The molecule has 1 aliphatic heterocycles. The van der Waals surface area contributed by atoms with Gasteiger partial charge < -0.3 is 24.1 Å². The first-order valence-electron chi connectivity index (χ1n) is 10.9. The maximum Gasteiger partial charge on any atom is 0.305 e. The van der Waals surface area contributed by atoms with Crippen molar-refractivity contribution in [3.05, 3.63) is 76.3 Å². The number of rotatable bonds is 9. The number of non-ortho nitro benzene ring substituents is 1. The number of methoxy groups -OCH3 is 2. The molecule has 0 aliphatic carbocycles. The summed E-state index contributed by atoms with van der Waals surface area (Å²) in [6.45, 7) is 0.506. The van der Waals surface area contributed by atoms with E-state index < -0.39 is 4.92 Å². The molecule has 3 aromatic rings. The fourth-order valence-corrected chi connectivity index (χ4v) is 4.44. The van der Waals surface area contributed by atoms with Gasteiger partial charge in [-0.2, -0.15) is 0 Å². The topological polar surface area (TPSA) is 120 Å². The van der Waals surface area contributed by atoms with Crippen molar-refractivity contribution in [1.82, 2.24) is 15.2 Å². The Morgan fingerprint density at radius 2 is 2.09 bits per heavy atom. The lowest BCUT2D eigenvalue weighted by Gasteiger charge is -2.26. The van der Waals surface area contributed by atoms with Gasteiger partial charge in [0.05, 0.1) is 42.5 Å². The third kappa shape index (κ3) is 5.09. The number of hydrogen-bond donors (Lipinski definition) is 1. The predicted molar refractivity (Wildman–Crippen MR) is 131 cm³/mol. The summed E-state index contributed by atoms with van der Waals surface area (Å²) in [4.78, 5) is 28.8. The van der Waals surface area contributed by atoms with E-state index in [0.29, 0.717) is 40.9 Å². The van der Waals surface area contributed by atoms with Crippen LogP contribution in [-0.2, 0) is 9.53 Å². The molecule has 1 aromatic carbocycles. The van der Waals surface area contributed by atoms with Gasteiger partial charge in [0.15, 0.2) is 5.11 Å². The molecule has 0 amide bonds. The summed E-state index contributed by atoms with van der Waals surface area (Å²) in [5.41, 5.74) is 1.31. The Labute approximate surface area is 207 Å². The zero-order chi connectivity index (χ0) is 24.9. The molecule has 0 spiro atoms. The molecule has 2 aromatic heterocycles. The molecule has 11 heteroatoms. The third-order valence-electron chi connectivity index (χ3n) is 5.79. The quantitative estimate of drug-likeness (QED) is 0.200. The van der Waals surface area contributed by atoms with E-state index >= 15 is 0 Å². The van der Waals surface area contributed by atoms with E-state index in [1.807, 2.05) is 29.2 Å². The summed E-state index contributed by atoms with van der Waals surface area (Å²) in [6.07, 6.45) is 2.52. The monoisotopic (exact) mass is 496 g/mol. The molecule has 1 saturated heterocycles. The Balaban J connectivity index is 1.68. The van der Waals surface area contributed by atoms with Gasteiger partial charge in [0.2, 0.25) is 0 Å². The molecule has 1 N–H and O–H groups in total. The summed E-state index contributed by atoms with van der Waals surface area (Å²) < 4.78 is 16.4. The van der Waals surface area contributed by atoms with Crippen LogP contribution in [0, 0.1) is 10.1 Å². The van der Waals surface area contributed by atoms with E-state index in [2.05, 4.69) is 10.3 Å². The fraction of sp³-hybridized carbons (Fsp3) is 0.292. The number of pyridine rings is 1. The number of nitrogens with zero attached hydrogens (tertiary/aromatic N) is 3. The van der Waals surface area contributed by atoms with Crippen molar-refractivity contribution >= 4 is 29.0 Å². The smallest absolute Gasteiger partial charge is 0.305 e. The van der Waals surface area contributed by atoms with Crippen molar-refractivity contribution in [2.75, 3.05) is 20.8 Å². The van der Waals surface area contributed by atoms with Gasteiger partial charge in [0.1, 0.15) is 23.3 Å². The van der Waals surface area contributed by atoms with Gasteiger partial charge in [0.25, 0.3) is 5.69 Å². The van der Waals surface area contributed by atoms with Crippen LogP contribution >= 0.6 is 12.2 Å². The Morgan fingerprint density at radius 1 is 1.26 bits per heavy atom. The standard InChI is InChI=1S/C24H24N4O6S/c1-32-20-14-15(28(30)31)8-9-16(20)18-10-11-19(34-18)23-22(17-6-3-4-12-25-17)26-24(35)27(23)13-5-7-21(29)33-2/h3-4,6,8-12,14,22-23H,5,7,13H2,1-2H3,(H,26,35)/t22-,23+/m1/s1. The summed E-state index contributed by atoms with van der Waals surface area (Å²) in [5, 5.41) is 15.0. The minimum atomic E-state index is -0.478. The minimum absolute atomic E-state index is 0.0743. The predicted octanol–water partition coefficient (Wildman–Crippen LogP) is 4.18. The van der Waals surface area contributed by atoms with Gasteiger partial charge in [-0.15, -0.1) is 0 Å². The van der Waals surface area contributed by atoms with Crippen LogP contribution in [-0.4, -0.2) is 46.7 Å². The zero-order valence-corrected chi connectivity index (χ0v) is 20.0. The molecular weight excluding hydrogens is 472 g/mol. The average molecular weight is 497 g/mol. The highest BCUT2D eigenvalue weighted by atomic mass is 32.1. The highest BCUT2D eigenvalue weighted by Gasteiger charge is 2.41. The molecule has 0 saturated carbocycles. The molecule has 1 fully saturated rings. The van der Waals surface area contributed by atoms with Crippen LogP contribution in [0.3, 0.4) is 0 Å². The van der Waals surface area contributed by atoms with Crippen LogP contribution in [0.25, 0.3) is 11.3 Å². The summed E-state index contributed by atoms with van der Waals surface area (Å²) in [7, 11) is 2.81. The number of aromatic nitrogens is 1. The lowest BCUT2D eigenvalue weighted by Crippen LogP contribution is -2.30. The normalized spacial score (nSPS) is 17.2. The lowest BCUT2D eigenvalue weighted by molar-refractivity contribution is -0.384. The number of thiocarbonyl (C=S) groups is 1. The Morgan fingerprint density at radius 3 is 2.77 bits per heavy atom. The molecule has 3 heterocycles.